The van der Waals surface area contributed by atoms with Crippen molar-refractivity contribution in [3.8, 4) is 5.75 Å². The van der Waals surface area contributed by atoms with Gasteiger partial charge in [-0.25, -0.2) is 0 Å². The molecular weight excluding hydrogens is 254 g/mol. The molecule has 2 rings (SSSR count). The van der Waals surface area contributed by atoms with Crippen LogP contribution in [0.15, 0.2) is 35.7 Å². The van der Waals surface area contributed by atoms with E-state index in [0.717, 1.165) is 5.75 Å². The van der Waals surface area contributed by atoms with E-state index in [4.69, 9.17) is 4.74 Å². The number of ether oxygens (including phenoxy) is 1. The van der Waals surface area contributed by atoms with Gasteiger partial charge in [0.15, 0.2) is 0 Å². The third-order valence-corrected chi connectivity index (χ3v) is 4.61. The molecule has 2 aromatic rings. The van der Waals surface area contributed by atoms with Gasteiger partial charge in [0.2, 0.25) is 0 Å². The molecule has 0 spiro atoms. The van der Waals surface area contributed by atoms with E-state index >= 15 is 0 Å². The van der Waals surface area contributed by atoms with Crippen LogP contribution in [0.4, 0.5) is 0 Å². The first-order valence-electron chi connectivity index (χ1n) is 6.55. The van der Waals surface area contributed by atoms with Gasteiger partial charge in [0.1, 0.15) is 5.75 Å². The molecule has 2 unspecified atom stereocenters. The molecule has 0 saturated heterocycles. The second-order valence-electron chi connectivity index (χ2n) is 4.85. The Hall–Kier alpha value is -1.32. The van der Waals surface area contributed by atoms with Gasteiger partial charge < -0.3 is 10.1 Å². The average Bonchev–Trinajstić information content (AvgIpc) is 2.85. The molecule has 1 aromatic heterocycles. The van der Waals surface area contributed by atoms with E-state index in [2.05, 4.69) is 49.7 Å². The fourth-order valence-corrected chi connectivity index (χ4v) is 3.21. The SMILES string of the molecule is COc1ccc(C(C)NC(C)c2sccc2C)cc1. The van der Waals surface area contributed by atoms with Crippen molar-refractivity contribution in [1.29, 1.82) is 0 Å². The van der Waals surface area contributed by atoms with Crippen LogP contribution >= 0.6 is 11.3 Å². The van der Waals surface area contributed by atoms with E-state index in [1.807, 2.05) is 23.5 Å². The van der Waals surface area contributed by atoms with Crippen LogP contribution in [0.25, 0.3) is 0 Å². The molecule has 2 atom stereocenters. The molecule has 0 aliphatic heterocycles. The van der Waals surface area contributed by atoms with E-state index < -0.39 is 0 Å². The maximum atomic E-state index is 5.19. The molecule has 102 valence electrons. The van der Waals surface area contributed by atoms with Crippen molar-refractivity contribution in [1.82, 2.24) is 5.32 Å². The van der Waals surface area contributed by atoms with Gasteiger partial charge in [-0.1, -0.05) is 12.1 Å². The van der Waals surface area contributed by atoms with Gasteiger partial charge in [-0.15, -0.1) is 11.3 Å². The Morgan fingerprint density at radius 3 is 2.26 bits per heavy atom. The second-order valence-corrected chi connectivity index (χ2v) is 5.80. The lowest BCUT2D eigenvalue weighted by Crippen LogP contribution is -2.22. The van der Waals surface area contributed by atoms with E-state index in [-0.39, 0.29) is 0 Å². The van der Waals surface area contributed by atoms with Crippen LogP contribution in [0.3, 0.4) is 0 Å². The molecule has 0 aliphatic rings. The Bertz CT molecular complexity index is 518. The molecule has 3 heteroatoms. The van der Waals surface area contributed by atoms with Gasteiger partial charge in [0, 0.05) is 17.0 Å². The predicted octanol–water partition coefficient (Wildman–Crippen LogP) is 4.48. The summed E-state index contributed by atoms with van der Waals surface area (Å²) in [5.41, 5.74) is 2.65. The summed E-state index contributed by atoms with van der Waals surface area (Å²) in [6.45, 7) is 6.59. The third kappa shape index (κ3) is 3.37. The first-order chi connectivity index (χ1) is 9.11. The number of nitrogens with one attached hydrogen (secondary N) is 1. The summed E-state index contributed by atoms with van der Waals surface area (Å²) in [5.74, 6) is 0.901. The minimum Gasteiger partial charge on any atom is -0.497 e. The van der Waals surface area contributed by atoms with Crippen molar-refractivity contribution in [3.63, 3.8) is 0 Å². The largest absolute Gasteiger partial charge is 0.497 e. The van der Waals surface area contributed by atoms with Gasteiger partial charge in [0.25, 0.3) is 0 Å². The fraction of sp³-hybridized carbons (Fsp3) is 0.375. The van der Waals surface area contributed by atoms with E-state index in [0.29, 0.717) is 12.1 Å². The Balaban J connectivity index is 2.04. The molecule has 0 fully saturated rings. The summed E-state index contributed by atoms with van der Waals surface area (Å²) >= 11 is 1.82. The number of hydrogen-bond donors (Lipinski definition) is 1. The molecule has 0 aliphatic carbocycles. The Morgan fingerprint density at radius 1 is 1.05 bits per heavy atom. The highest BCUT2D eigenvalue weighted by Gasteiger charge is 2.13. The van der Waals surface area contributed by atoms with E-state index in [1.165, 1.54) is 16.0 Å². The second kappa shape index (κ2) is 6.22. The van der Waals surface area contributed by atoms with Crippen molar-refractivity contribution >= 4 is 11.3 Å². The highest BCUT2D eigenvalue weighted by molar-refractivity contribution is 7.10. The van der Waals surface area contributed by atoms with Crippen LogP contribution in [0, 0.1) is 6.92 Å². The van der Waals surface area contributed by atoms with Gasteiger partial charge in [-0.3, -0.25) is 0 Å². The number of methoxy groups -OCH3 is 1. The highest BCUT2D eigenvalue weighted by Crippen LogP contribution is 2.26. The number of hydrogen-bond acceptors (Lipinski definition) is 3. The van der Waals surface area contributed by atoms with Crippen LogP contribution in [-0.4, -0.2) is 7.11 Å². The maximum absolute atomic E-state index is 5.19. The summed E-state index contributed by atoms with van der Waals surface area (Å²) in [4.78, 5) is 1.42. The zero-order valence-corrected chi connectivity index (χ0v) is 12.8. The minimum atomic E-state index is 0.322. The van der Waals surface area contributed by atoms with Gasteiger partial charge >= 0.3 is 0 Å². The van der Waals surface area contributed by atoms with Crippen molar-refractivity contribution in [3.05, 3.63) is 51.7 Å². The van der Waals surface area contributed by atoms with Crippen molar-refractivity contribution < 1.29 is 4.74 Å². The quantitative estimate of drug-likeness (QED) is 0.869. The lowest BCUT2D eigenvalue weighted by molar-refractivity contribution is 0.414. The Kier molecular flexibility index (Phi) is 4.61. The zero-order chi connectivity index (χ0) is 13.8. The topological polar surface area (TPSA) is 21.3 Å². The monoisotopic (exact) mass is 275 g/mol. The zero-order valence-electron chi connectivity index (χ0n) is 11.9. The van der Waals surface area contributed by atoms with Crippen molar-refractivity contribution in [2.45, 2.75) is 32.9 Å². The normalized spacial score (nSPS) is 14.1. The van der Waals surface area contributed by atoms with Crippen LogP contribution in [0.1, 0.15) is 41.9 Å². The van der Waals surface area contributed by atoms with Crippen LogP contribution < -0.4 is 10.1 Å². The molecule has 0 radical (unpaired) electrons. The van der Waals surface area contributed by atoms with Crippen LogP contribution in [0.2, 0.25) is 0 Å². The van der Waals surface area contributed by atoms with Gasteiger partial charge in [-0.2, -0.15) is 0 Å². The first kappa shape index (κ1) is 14.1. The molecule has 19 heavy (non-hydrogen) atoms. The summed E-state index contributed by atoms with van der Waals surface area (Å²) in [6.07, 6.45) is 0. The number of rotatable bonds is 5. The van der Waals surface area contributed by atoms with Gasteiger partial charge in [-0.05, 0) is 55.5 Å². The molecule has 0 bridgehead atoms. The molecular formula is C16H21NOS. The Labute approximate surface area is 119 Å². The summed E-state index contributed by atoms with van der Waals surface area (Å²) in [5, 5.41) is 5.80. The molecule has 1 aromatic carbocycles. The van der Waals surface area contributed by atoms with Crippen molar-refractivity contribution in [2.24, 2.45) is 0 Å². The summed E-state index contributed by atoms with van der Waals surface area (Å²) in [6, 6.07) is 11.1. The number of aryl methyl sites for hydroxylation is 1. The van der Waals surface area contributed by atoms with Gasteiger partial charge in [0.05, 0.1) is 7.11 Å². The summed E-state index contributed by atoms with van der Waals surface area (Å²) in [7, 11) is 1.69. The number of thiophene rings is 1. The standard InChI is InChI=1S/C16H21NOS/c1-11-9-10-19-16(11)13(3)17-12(2)14-5-7-15(18-4)8-6-14/h5-10,12-13,17H,1-4H3. The lowest BCUT2D eigenvalue weighted by atomic mass is 10.1. The fourth-order valence-electron chi connectivity index (χ4n) is 2.27. The lowest BCUT2D eigenvalue weighted by Gasteiger charge is -2.20. The highest BCUT2D eigenvalue weighted by atomic mass is 32.1. The van der Waals surface area contributed by atoms with E-state index in [1.54, 1.807) is 7.11 Å². The average molecular weight is 275 g/mol. The minimum absolute atomic E-state index is 0.322. The predicted molar refractivity (Wildman–Crippen MR) is 82.0 cm³/mol. The molecule has 1 N–H and O–H groups in total. The Morgan fingerprint density at radius 2 is 1.74 bits per heavy atom. The maximum Gasteiger partial charge on any atom is 0.118 e. The van der Waals surface area contributed by atoms with Crippen LogP contribution in [0.5, 0.6) is 5.75 Å². The number of benzene rings is 1. The molecule has 2 nitrogen and oxygen atoms in total. The van der Waals surface area contributed by atoms with E-state index in [9.17, 15) is 0 Å². The molecule has 1 heterocycles. The third-order valence-electron chi connectivity index (χ3n) is 3.41. The van der Waals surface area contributed by atoms with Crippen LogP contribution in [-0.2, 0) is 0 Å². The molecule has 0 saturated carbocycles. The summed E-state index contributed by atoms with van der Waals surface area (Å²) < 4.78 is 5.19. The first-order valence-corrected chi connectivity index (χ1v) is 7.43. The molecule has 0 amide bonds. The smallest absolute Gasteiger partial charge is 0.118 e. The van der Waals surface area contributed by atoms with Crippen molar-refractivity contribution in [2.75, 3.05) is 7.11 Å².